The monoisotopic (exact) mass is 377 g/mol. The first-order valence-electron chi connectivity index (χ1n) is 6.88. The van der Waals surface area contributed by atoms with Crippen LogP contribution in [0.4, 0.5) is 17.1 Å². The Morgan fingerprint density at radius 3 is 2.56 bits per heavy atom. The number of halogens is 2. The molecule has 0 atom stereocenters. The van der Waals surface area contributed by atoms with Crippen molar-refractivity contribution in [2.24, 2.45) is 10.2 Å². The van der Waals surface area contributed by atoms with E-state index in [9.17, 15) is 14.9 Å². The normalized spacial score (nSPS) is 11.1. The van der Waals surface area contributed by atoms with Crippen molar-refractivity contribution < 1.29 is 4.92 Å². The number of rotatable bonds is 4. The molecule has 0 spiro atoms. The molecule has 0 aliphatic carbocycles. The third-order valence-corrected chi connectivity index (χ3v) is 4.10. The van der Waals surface area contributed by atoms with Crippen molar-refractivity contribution in [1.82, 2.24) is 10.2 Å². The second-order valence-electron chi connectivity index (χ2n) is 4.88. The highest BCUT2D eigenvalue weighted by atomic mass is 35.5. The van der Waals surface area contributed by atoms with Crippen molar-refractivity contribution in [2.45, 2.75) is 0 Å². The van der Waals surface area contributed by atoms with Crippen LogP contribution < -0.4 is 5.56 Å². The lowest BCUT2D eigenvalue weighted by molar-refractivity contribution is -0.384. The molecule has 1 aromatic heterocycles. The number of aromatic amines is 2. The Balaban J connectivity index is 2.05. The lowest BCUT2D eigenvalue weighted by Gasteiger charge is -2.00. The molecule has 126 valence electrons. The summed E-state index contributed by atoms with van der Waals surface area (Å²) in [4.78, 5) is 22.4. The Morgan fingerprint density at radius 1 is 1.04 bits per heavy atom. The van der Waals surface area contributed by atoms with E-state index in [0.717, 1.165) is 0 Å². The van der Waals surface area contributed by atoms with Gasteiger partial charge in [0, 0.05) is 17.7 Å². The largest absolute Gasteiger partial charge is 0.295 e. The molecule has 0 fully saturated rings. The lowest BCUT2D eigenvalue weighted by Crippen LogP contribution is -1.96. The maximum atomic E-state index is 12.0. The molecule has 0 saturated carbocycles. The molecule has 8 nitrogen and oxygen atoms in total. The van der Waals surface area contributed by atoms with Gasteiger partial charge in [-0.15, -0.1) is 10.2 Å². The molecule has 0 amide bonds. The van der Waals surface area contributed by atoms with Crippen molar-refractivity contribution in [1.29, 1.82) is 0 Å². The highest BCUT2D eigenvalue weighted by Gasteiger charge is 2.15. The molecule has 0 bridgehead atoms. The molecular weight excluding hydrogens is 369 g/mol. The third-order valence-electron chi connectivity index (χ3n) is 3.29. The summed E-state index contributed by atoms with van der Waals surface area (Å²) in [6, 6.07) is 10.6. The number of nitrogens with zero attached hydrogens (tertiary/aromatic N) is 3. The van der Waals surface area contributed by atoms with Gasteiger partial charge in [-0.25, -0.2) is 0 Å². The second kappa shape index (κ2) is 6.88. The van der Waals surface area contributed by atoms with Crippen LogP contribution in [0.2, 0.25) is 10.0 Å². The predicted octanol–water partition coefficient (Wildman–Crippen LogP) is 5.00. The number of nitrogens with one attached hydrogen (secondary N) is 2. The van der Waals surface area contributed by atoms with Crippen molar-refractivity contribution in [3.63, 3.8) is 0 Å². The number of nitro groups is 1. The van der Waals surface area contributed by atoms with E-state index in [2.05, 4.69) is 20.4 Å². The molecule has 0 radical (unpaired) electrons. The SMILES string of the molecule is O=c1[nH][nH]c(-c2cccc([N+](=O)[O-])c2)c1N=Nc1cccc(Cl)c1Cl. The third kappa shape index (κ3) is 3.44. The van der Waals surface area contributed by atoms with Gasteiger partial charge in [-0.05, 0) is 12.1 Å². The molecule has 2 aromatic carbocycles. The maximum Gasteiger partial charge on any atom is 0.292 e. The fourth-order valence-electron chi connectivity index (χ4n) is 2.10. The topological polar surface area (TPSA) is 117 Å². The number of H-pyrrole nitrogens is 2. The zero-order valence-corrected chi connectivity index (χ0v) is 13.9. The molecular formula is C15H9Cl2N5O3. The summed E-state index contributed by atoms with van der Waals surface area (Å²) in [5, 5.41) is 24.3. The lowest BCUT2D eigenvalue weighted by atomic mass is 10.1. The number of nitro benzene ring substituents is 1. The van der Waals surface area contributed by atoms with Gasteiger partial charge in [0.25, 0.3) is 11.2 Å². The number of aromatic nitrogens is 2. The molecule has 2 N–H and O–H groups in total. The molecule has 0 saturated heterocycles. The highest BCUT2D eigenvalue weighted by Crippen LogP contribution is 2.34. The number of non-ortho nitro benzene ring substituents is 1. The van der Waals surface area contributed by atoms with Gasteiger partial charge in [0.05, 0.1) is 20.7 Å². The standard InChI is InChI=1S/C15H9Cl2N5O3/c16-10-5-2-6-11(12(10)17)18-20-14-13(19-21-15(14)23)8-3-1-4-9(7-8)22(24)25/h1-7H,(H2,19,21,23). The van der Waals surface area contributed by atoms with Crippen LogP contribution in [0.1, 0.15) is 0 Å². The fraction of sp³-hybridized carbons (Fsp3) is 0. The molecule has 1 heterocycles. The van der Waals surface area contributed by atoms with Crippen LogP contribution in [0.25, 0.3) is 11.3 Å². The van der Waals surface area contributed by atoms with Gasteiger partial charge in [-0.2, -0.15) is 0 Å². The fourth-order valence-corrected chi connectivity index (χ4v) is 2.44. The van der Waals surface area contributed by atoms with E-state index in [0.29, 0.717) is 16.3 Å². The van der Waals surface area contributed by atoms with E-state index < -0.39 is 10.5 Å². The first-order chi connectivity index (χ1) is 12.0. The molecule has 10 heteroatoms. The first kappa shape index (κ1) is 16.9. The minimum Gasteiger partial charge on any atom is -0.295 e. The smallest absolute Gasteiger partial charge is 0.292 e. The zero-order valence-electron chi connectivity index (χ0n) is 12.4. The van der Waals surface area contributed by atoms with E-state index in [1.807, 2.05) is 0 Å². The summed E-state index contributed by atoms with van der Waals surface area (Å²) in [6.07, 6.45) is 0. The average Bonchev–Trinajstić information content (AvgIpc) is 2.97. The van der Waals surface area contributed by atoms with Crippen molar-refractivity contribution in [2.75, 3.05) is 0 Å². The zero-order chi connectivity index (χ0) is 18.0. The predicted molar refractivity (Wildman–Crippen MR) is 94.1 cm³/mol. The molecule has 3 rings (SSSR count). The Hall–Kier alpha value is -2.97. The number of hydrogen-bond donors (Lipinski definition) is 2. The number of benzene rings is 2. The summed E-state index contributed by atoms with van der Waals surface area (Å²) < 4.78 is 0. The van der Waals surface area contributed by atoms with Crippen LogP contribution in [0.5, 0.6) is 0 Å². The number of hydrogen-bond acceptors (Lipinski definition) is 5. The van der Waals surface area contributed by atoms with E-state index in [4.69, 9.17) is 23.2 Å². The van der Waals surface area contributed by atoms with Crippen LogP contribution in [-0.4, -0.2) is 15.1 Å². The van der Waals surface area contributed by atoms with E-state index in [1.54, 1.807) is 24.3 Å². The summed E-state index contributed by atoms with van der Waals surface area (Å²) in [6.45, 7) is 0. The van der Waals surface area contributed by atoms with Gasteiger partial charge < -0.3 is 0 Å². The van der Waals surface area contributed by atoms with Crippen molar-refractivity contribution >= 4 is 40.3 Å². The maximum absolute atomic E-state index is 12.0. The van der Waals surface area contributed by atoms with Crippen molar-refractivity contribution in [3.8, 4) is 11.3 Å². The Labute approximate surface area is 150 Å². The summed E-state index contributed by atoms with van der Waals surface area (Å²) in [5.74, 6) is 0. The van der Waals surface area contributed by atoms with E-state index >= 15 is 0 Å². The summed E-state index contributed by atoms with van der Waals surface area (Å²) in [5.41, 5.74) is 0.314. The second-order valence-corrected chi connectivity index (χ2v) is 5.67. The number of azo groups is 1. The molecule has 0 aliphatic heterocycles. The van der Waals surface area contributed by atoms with E-state index in [1.165, 1.54) is 18.2 Å². The van der Waals surface area contributed by atoms with Gasteiger partial charge in [-0.3, -0.25) is 25.1 Å². The minimum atomic E-state index is -0.527. The van der Waals surface area contributed by atoms with Gasteiger partial charge >= 0.3 is 0 Å². The summed E-state index contributed by atoms with van der Waals surface area (Å²) >= 11 is 11.9. The van der Waals surface area contributed by atoms with Gasteiger partial charge in [0.1, 0.15) is 5.69 Å². The Kier molecular flexibility index (Phi) is 4.64. The summed E-state index contributed by atoms with van der Waals surface area (Å²) in [7, 11) is 0. The van der Waals surface area contributed by atoms with Gasteiger partial charge in [-0.1, -0.05) is 41.4 Å². The molecule has 3 aromatic rings. The first-order valence-corrected chi connectivity index (χ1v) is 7.64. The highest BCUT2D eigenvalue weighted by molar-refractivity contribution is 6.43. The average molecular weight is 378 g/mol. The molecule has 0 unspecified atom stereocenters. The molecule has 25 heavy (non-hydrogen) atoms. The Morgan fingerprint density at radius 2 is 1.80 bits per heavy atom. The van der Waals surface area contributed by atoms with Crippen LogP contribution >= 0.6 is 23.2 Å². The van der Waals surface area contributed by atoms with Crippen LogP contribution in [0.3, 0.4) is 0 Å². The van der Waals surface area contributed by atoms with E-state index in [-0.39, 0.29) is 22.1 Å². The van der Waals surface area contributed by atoms with Crippen LogP contribution in [-0.2, 0) is 0 Å². The molecule has 0 aliphatic rings. The van der Waals surface area contributed by atoms with Gasteiger partial charge in [0.2, 0.25) is 0 Å². The van der Waals surface area contributed by atoms with Crippen LogP contribution in [0, 0.1) is 10.1 Å². The Bertz CT molecular complexity index is 1040. The van der Waals surface area contributed by atoms with Gasteiger partial charge in [0.15, 0.2) is 5.69 Å². The minimum absolute atomic E-state index is 0.0310. The van der Waals surface area contributed by atoms with Crippen LogP contribution in [0.15, 0.2) is 57.5 Å². The van der Waals surface area contributed by atoms with Crippen molar-refractivity contribution in [3.05, 3.63) is 73.0 Å². The quantitative estimate of drug-likeness (QED) is 0.378.